The topological polar surface area (TPSA) is 56.0 Å². The van der Waals surface area contributed by atoms with Crippen LogP contribution in [0.3, 0.4) is 0 Å². The number of hydrogen-bond acceptors (Lipinski definition) is 4. The van der Waals surface area contributed by atoms with Gasteiger partial charge in [-0.2, -0.15) is 4.98 Å². The zero-order chi connectivity index (χ0) is 11.0. The van der Waals surface area contributed by atoms with Gasteiger partial charge in [-0.3, -0.25) is 4.98 Å². The summed E-state index contributed by atoms with van der Waals surface area (Å²) in [5.41, 5.74) is 1.96. The molecule has 78 valence electrons. The van der Waals surface area contributed by atoms with E-state index < -0.39 is 0 Å². The van der Waals surface area contributed by atoms with Crippen molar-refractivity contribution in [3.63, 3.8) is 0 Å². The predicted octanol–water partition coefficient (Wildman–Crippen LogP) is 1.49. The molecule has 0 saturated carbocycles. The van der Waals surface area contributed by atoms with Gasteiger partial charge in [0.1, 0.15) is 0 Å². The summed E-state index contributed by atoms with van der Waals surface area (Å²) < 4.78 is 1.73. The maximum Gasteiger partial charge on any atom is 0.252 e. The Kier molecular flexibility index (Phi) is 1.89. The molecule has 0 aliphatic carbocycles. The van der Waals surface area contributed by atoms with Crippen LogP contribution in [0.2, 0.25) is 0 Å². The normalized spacial score (nSPS) is 10.8. The van der Waals surface area contributed by atoms with Crippen LogP contribution in [0.25, 0.3) is 17.2 Å². The van der Waals surface area contributed by atoms with E-state index in [1.165, 1.54) is 0 Å². The molecule has 0 amide bonds. The maximum absolute atomic E-state index is 4.40. The van der Waals surface area contributed by atoms with Crippen molar-refractivity contribution in [2.24, 2.45) is 0 Å². The van der Waals surface area contributed by atoms with E-state index in [4.69, 9.17) is 0 Å². The van der Waals surface area contributed by atoms with E-state index >= 15 is 0 Å². The SMILES string of the molecule is Cc1ccnc2nc(-c3ccncc3)nn12. The van der Waals surface area contributed by atoms with Crippen molar-refractivity contribution in [1.82, 2.24) is 24.6 Å². The monoisotopic (exact) mass is 211 g/mol. The number of nitrogens with zero attached hydrogens (tertiary/aromatic N) is 5. The summed E-state index contributed by atoms with van der Waals surface area (Å²) in [6.45, 7) is 1.97. The fourth-order valence-corrected chi connectivity index (χ4v) is 1.53. The lowest BCUT2D eigenvalue weighted by Crippen LogP contribution is -1.94. The smallest absolute Gasteiger partial charge is 0.252 e. The first-order valence-corrected chi connectivity index (χ1v) is 4.93. The summed E-state index contributed by atoms with van der Waals surface area (Å²) in [4.78, 5) is 12.5. The largest absolute Gasteiger partial charge is 0.265 e. The van der Waals surface area contributed by atoms with Crippen LogP contribution in [-0.2, 0) is 0 Å². The Balaban J connectivity index is 2.23. The highest BCUT2D eigenvalue weighted by molar-refractivity contribution is 5.55. The number of aromatic nitrogens is 5. The Labute approximate surface area is 91.8 Å². The average Bonchev–Trinajstić information content (AvgIpc) is 2.76. The quantitative estimate of drug-likeness (QED) is 0.612. The van der Waals surface area contributed by atoms with Crippen LogP contribution in [0.15, 0.2) is 36.8 Å². The predicted molar refractivity (Wildman–Crippen MR) is 58.8 cm³/mol. The Morgan fingerprint density at radius 2 is 1.88 bits per heavy atom. The van der Waals surface area contributed by atoms with Crippen molar-refractivity contribution in [2.75, 3.05) is 0 Å². The highest BCUT2D eigenvalue weighted by Gasteiger charge is 2.07. The average molecular weight is 211 g/mol. The minimum absolute atomic E-state index is 0.617. The summed E-state index contributed by atoms with van der Waals surface area (Å²) in [7, 11) is 0. The van der Waals surface area contributed by atoms with Crippen molar-refractivity contribution in [3.05, 3.63) is 42.5 Å². The summed E-state index contributed by atoms with van der Waals surface area (Å²) in [5, 5.41) is 4.40. The molecule has 0 unspecified atom stereocenters. The minimum Gasteiger partial charge on any atom is -0.265 e. The van der Waals surface area contributed by atoms with Gasteiger partial charge < -0.3 is 0 Å². The number of pyridine rings is 1. The van der Waals surface area contributed by atoms with Gasteiger partial charge in [-0.1, -0.05) is 0 Å². The van der Waals surface area contributed by atoms with Crippen LogP contribution < -0.4 is 0 Å². The fourth-order valence-electron chi connectivity index (χ4n) is 1.53. The van der Waals surface area contributed by atoms with Crippen LogP contribution >= 0.6 is 0 Å². The fraction of sp³-hybridized carbons (Fsp3) is 0.0909. The lowest BCUT2D eigenvalue weighted by molar-refractivity contribution is 0.897. The van der Waals surface area contributed by atoms with Crippen molar-refractivity contribution in [3.8, 4) is 11.4 Å². The van der Waals surface area contributed by atoms with Gasteiger partial charge in [0.05, 0.1) is 0 Å². The second-order valence-electron chi connectivity index (χ2n) is 3.47. The van der Waals surface area contributed by atoms with E-state index in [-0.39, 0.29) is 0 Å². The molecule has 0 fully saturated rings. The van der Waals surface area contributed by atoms with Crippen LogP contribution in [0.5, 0.6) is 0 Å². The first-order chi connectivity index (χ1) is 7.84. The van der Waals surface area contributed by atoms with Gasteiger partial charge in [0.15, 0.2) is 5.82 Å². The molecule has 16 heavy (non-hydrogen) atoms. The summed E-state index contributed by atoms with van der Waals surface area (Å²) in [6, 6.07) is 5.66. The molecular weight excluding hydrogens is 202 g/mol. The number of rotatable bonds is 1. The van der Waals surface area contributed by atoms with E-state index in [1.54, 1.807) is 23.1 Å². The van der Waals surface area contributed by atoms with E-state index in [2.05, 4.69) is 20.1 Å². The zero-order valence-corrected chi connectivity index (χ0v) is 8.70. The van der Waals surface area contributed by atoms with Crippen molar-refractivity contribution in [1.29, 1.82) is 0 Å². The van der Waals surface area contributed by atoms with E-state index in [0.29, 0.717) is 11.6 Å². The van der Waals surface area contributed by atoms with Crippen molar-refractivity contribution >= 4 is 5.78 Å². The van der Waals surface area contributed by atoms with Gasteiger partial charge in [-0.15, -0.1) is 5.10 Å². The Bertz CT molecular complexity index is 629. The molecule has 0 aromatic carbocycles. The highest BCUT2D eigenvalue weighted by atomic mass is 15.3. The van der Waals surface area contributed by atoms with Crippen LogP contribution in [0.4, 0.5) is 0 Å². The summed E-state index contributed by atoms with van der Waals surface area (Å²) >= 11 is 0. The third-order valence-corrected chi connectivity index (χ3v) is 2.37. The lowest BCUT2D eigenvalue weighted by atomic mass is 10.3. The Hall–Kier alpha value is -2.30. The lowest BCUT2D eigenvalue weighted by Gasteiger charge is -1.93. The van der Waals surface area contributed by atoms with Crippen LogP contribution in [0.1, 0.15) is 5.69 Å². The molecule has 5 heteroatoms. The highest BCUT2D eigenvalue weighted by Crippen LogP contribution is 2.14. The molecule has 0 spiro atoms. The molecule has 3 aromatic heterocycles. The van der Waals surface area contributed by atoms with Gasteiger partial charge in [0.25, 0.3) is 5.78 Å². The molecule has 3 aromatic rings. The third kappa shape index (κ3) is 1.33. The molecule has 5 nitrogen and oxygen atoms in total. The summed E-state index contributed by atoms with van der Waals surface area (Å²) in [5.74, 6) is 1.29. The van der Waals surface area contributed by atoms with E-state index in [1.807, 2.05) is 25.1 Å². The van der Waals surface area contributed by atoms with Gasteiger partial charge in [0, 0.05) is 29.8 Å². The molecule has 0 atom stereocenters. The first kappa shape index (κ1) is 8.96. The molecule has 0 N–H and O–H groups in total. The van der Waals surface area contributed by atoms with Gasteiger partial charge in [0.2, 0.25) is 0 Å². The van der Waals surface area contributed by atoms with Crippen LogP contribution in [-0.4, -0.2) is 24.6 Å². The van der Waals surface area contributed by atoms with E-state index in [9.17, 15) is 0 Å². The molecule has 3 heterocycles. The van der Waals surface area contributed by atoms with Crippen molar-refractivity contribution < 1.29 is 0 Å². The van der Waals surface area contributed by atoms with Crippen LogP contribution in [0, 0.1) is 6.92 Å². The molecule has 0 aliphatic rings. The number of hydrogen-bond donors (Lipinski definition) is 0. The molecule has 0 aliphatic heterocycles. The molecule has 0 radical (unpaired) electrons. The molecule has 3 rings (SSSR count). The number of aryl methyl sites for hydroxylation is 1. The third-order valence-electron chi connectivity index (χ3n) is 2.37. The van der Waals surface area contributed by atoms with Crippen molar-refractivity contribution in [2.45, 2.75) is 6.92 Å². The summed E-state index contributed by atoms with van der Waals surface area (Å²) in [6.07, 6.45) is 5.18. The van der Waals surface area contributed by atoms with Gasteiger partial charge in [-0.25, -0.2) is 9.50 Å². The minimum atomic E-state index is 0.617. The zero-order valence-electron chi connectivity index (χ0n) is 8.70. The number of fused-ring (bicyclic) bond motifs is 1. The first-order valence-electron chi connectivity index (χ1n) is 4.93. The Morgan fingerprint density at radius 1 is 1.06 bits per heavy atom. The molecule has 0 bridgehead atoms. The second kappa shape index (κ2) is 3.37. The van der Waals surface area contributed by atoms with Gasteiger partial charge in [-0.05, 0) is 25.1 Å². The second-order valence-corrected chi connectivity index (χ2v) is 3.47. The van der Waals surface area contributed by atoms with Gasteiger partial charge >= 0.3 is 0 Å². The van der Waals surface area contributed by atoms with E-state index in [0.717, 1.165) is 11.3 Å². The molecular formula is C11H9N5. The molecule has 0 saturated heterocycles. The standard InChI is InChI=1S/C11H9N5/c1-8-2-7-13-11-14-10(15-16(8)11)9-3-5-12-6-4-9/h2-7H,1H3. The maximum atomic E-state index is 4.40. The Morgan fingerprint density at radius 3 is 2.62 bits per heavy atom.